The third-order valence-electron chi connectivity index (χ3n) is 15.2. The Morgan fingerprint density at radius 3 is 2.38 bits per heavy atom. The maximum absolute atomic E-state index is 14.3. The second-order valence-electron chi connectivity index (χ2n) is 17.5. The summed E-state index contributed by atoms with van der Waals surface area (Å²) in [7, 11) is 0. The third-order valence-corrected chi connectivity index (χ3v) is 15.2. The molecule has 47 heavy (non-hydrogen) atoms. The van der Waals surface area contributed by atoms with E-state index < -0.39 is 12.7 Å². The van der Waals surface area contributed by atoms with Gasteiger partial charge in [0.25, 0.3) is 5.91 Å². The van der Waals surface area contributed by atoms with E-state index in [0.29, 0.717) is 42.2 Å². The van der Waals surface area contributed by atoms with Crippen LogP contribution in [0.4, 0.5) is 0 Å². The first-order valence-corrected chi connectivity index (χ1v) is 18.7. The Labute approximate surface area is 284 Å². The van der Waals surface area contributed by atoms with Gasteiger partial charge in [-0.1, -0.05) is 67.0 Å². The van der Waals surface area contributed by atoms with Gasteiger partial charge in [-0.3, -0.25) is 9.59 Å². The summed E-state index contributed by atoms with van der Waals surface area (Å²) in [6.07, 6.45) is 10.2. The number of carbonyl (C=O) groups is 2. The smallest absolute Gasteiger partial charge is 0.251 e. The van der Waals surface area contributed by atoms with E-state index in [9.17, 15) is 19.8 Å². The van der Waals surface area contributed by atoms with Gasteiger partial charge in [-0.2, -0.15) is 0 Å². The summed E-state index contributed by atoms with van der Waals surface area (Å²) in [6.45, 7) is 17.1. The van der Waals surface area contributed by atoms with E-state index >= 15 is 0 Å². The van der Waals surface area contributed by atoms with Gasteiger partial charge < -0.3 is 26.0 Å². The number of aliphatic hydroxyl groups excluding tert-OH is 3. The SMILES string of the molecule is CCCC1(C(=O)NCCc2cccc(C(=O)NCC(O)CO)c2)CC[C@]2(C)C(CCC3C4(C)CCC(O)C(C)(C)C4CCC32C)C1C. The van der Waals surface area contributed by atoms with Gasteiger partial charge >= 0.3 is 0 Å². The van der Waals surface area contributed by atoms with Crippen molar-refractivity contribution in [2.45, 2.75) is 131 Å². The molecular formula is C40H64N2O5. The highest BCUT2D eigenvalue weighted by atomic mass is 16.3. The third kappa shape index (κ3) is 5.98. The molecule has 4 saturated carbocycles. The molecular weight excluding hydrogens is 588 g/mol. The fraction of sp³-hybridized carbons (Fsp3) is 0.800. The van der Waals surface area contributed by atoms with Crippen LogP contribution < -0.4 is 10.6 Å². The Morgan fingerprint density at radius 2 is 1.68 bits per heavy atom. The molecule has 1 aromatic carbocycles. The highest BCUT2D eigenvalue weighted by Gasteiger charge is 2.69. The lowest BCUT2D eigenvalue weighted by Crippen LogP contribution is -2.67. The van der Waals surface area contributed by atoms with Crippen LogP contribution in [0.5, 0.6) is 0 Å². The summed E-state index contributed by atoms with van der Waals surface area (Å²) in [6, 6.07) is 7.40. The lowest BCUT2D eigenvalue weighted by atomic mass is 9.32. The zero-order valence-corrected chi connectivity index (χ0v) is 30.3. The summed E-state index contributed by atoms with van der Waals surface area (Å²) < 4.78 is 0. The molecule has 1 aromatic rings. The first-order valence-electron chi connectivity index (χ1n) is 18.7. The van der Waals surface area contributed by atoms with E-state index in [2.05, 4.69) is 59.1 Å². The highest BCUT2D eigenvalue weighted by Crippen LogP contribution is 2.75. The van der Waals surface area contributed by atoms with Crippen molar-refractivity contribution < 1.29 is 24.9 Å². The molecule has 9 unspecified atom stereocenters. The Hall–Kier alpha value is -1.96. The number of carbonyl (C=O) groups excluding carboxylic acids is 2. The van der Waals surface area contributed by atoms with E-state index in [1.807, 2.05) is 18.2 Å². The summed E-state index contributed by atoms with van der Waals surface area (Å²) >= 11 is 0. The van der Waals surface area contributed by atoms with Gasteiger partial charge in [-0.05, 0) is 127 Å². The molecule has 5 rings (SSSR count). The van der Waals surface area contributed by atoms with Crippen LogP contribution in [-0.4, -0.2) is 59.0 Å². The van der Waals surface area contributed by atoms with E-state index in [0.717, 1.165) is 44.1 Å². The fourth-order valence-corrected chi connectivity index (χ4v) is 12.3. The quantitative estimate of drug-likeness (QED) is 0.204. The highest BCUT2D eigenvalue weighted by molar-refractivity contribution is 5.94. The Balaban J connectivity index is 1.29. The standard InChI is InChI=1S/C40H64N2O5/c1-8-17-40(35(47)41-22-16-27-10-9-11-28(23-27)34(46)42-24-29(44)25-43)21-20-38(6)30(26(40)2)12-13-32-37(5)18-15-33(45)36(3,4)31(37)14-19-39(32,38)7/h9-11,23,26,29-33,43-45H,8,12-22,24-25H2,1-7H3,(H,41,47)(H,42,46)/t26?,29?,30?,31?,32?,33?,37?,38-,39?,40?/m1/s1. The molecule has 0 bridgehead atoms. The Kier molecular flexibility index (Phi) is 10.4. The molecule has 10 atom stereocenters. The zero-order chi connectivity index (χ0) is 34.4. The molecule has 2 amide bonds. The average Bonchev–Trinajstić information content (AvgIpc) is 3.04. The van der Waals surface area contributed by atoms with Gasteiger partial charge in [0.1, 0.15) is 0 Å². The van der Waals surface area contributed by atoms with Gasteiger partial charge in [0.15, 0.2) is 0 Å². The fourth-order valence-electron chi connectivity index (χ4n) is 12.3. The van der Waals surface area contributed by atoms with E-state index in [1.54, 1.807) is 6.07 Å². The molecule has 0 spiro atoms. The minimum Gasteiger partial charge on any atom is -0.394 e. The van der Waals surface area contributed by atoms with Crippen molar-refractivity contribution >= 4 is 11.8 Å². The largest absolute Gasteiger partial charge is 0.394 e. The maximum Gasteiger partial charge on any atom is 0.251 e. The van der Waals surface area contributed by atoms with Crippen molar-refractivity contribution in [2.24, 2.45) is 50.7 Å². The molecule has 0 heterocycles. The molecule has 264 valence electrons. The van der Waals surface area contributed by atoms with Crippen LogP contribution in [0.1, 0.15) is 129 Å². The summed E-state index contributed by atoms with van der Waals surface area (Å²) in [5, 5.41) is 35.6. The minimum absolute atomic E-state index is 0.00465. The number of rotatable bonds is 10. The van der Waals surface area contributed by atoms with Gasteiger partial charge in [0.05, 0.1) is 24.2 Å². The number of benzene rings is 1. The Bertz CT molecular complexity index is 1300. The molecule has 7 nitrogen and oxygen atoms in total. The van der Waals surface area contributed by atoms with Crippen molar-refractivity contribution in [3.63, 3.8) is 0 Å². The van der Waals surface area contributed by atoms with Crippen LogP contribution in [0.25, 0.3) is 0 Å². The van der Waals surface area contributed by atoms with Crippen molar-refractivity contribution in [1.29, 1.82) is 0 Å². The number of fused-ring (bicyclic) bond motifs is 5. The monoisotopic (exact) mass is 652 g/mol. The van der Waals surface area contributed by atoms with Gasteiger partial charge in [-0.25, -0.2) is 0 Å². The zero-order valence-electron chi connectivity index (χ0n) is 30.3. The number of nitrogens with one attached hydrogen (secondary N) is 2. The number of amides is 2. The number of hydrogen-bond donors (Lipinski definition) is 5. The second kappa shape index (κ2) is 13.4. The summed E-state index contributed by atoms with van der Waals surface area (Å²) in [5.74, 6) is 1.93. The second-order valence-corrected chi connectivity index (χ2v) is 17.5. The molecule has 0 saturated heterocycles. The summed E-state index contributed by atoms with van der Waals surface area (Å²) in [4.78, 5) is 26.9. The molecule has 0 aliphatic heterocycles. The minimum atomic E-state index is -0.983. The molecule has 0 radical (unpaired) electrons. The number of aliphatic hydroxyl groups is 3. The van der Waals surface area contributed by atoms with E-state index in [4.69, 9.17) is 5.11 Å². The first-order chi connectivity index (χ1) is 22.1. The number of hydrogen-bond acceptors (Lipinski definition) is 5. The molecule has 5 N–H and O–H groups in total. The van der Waals surface area contributed by atoms with Crippen molar-refractivity contribution in [2.75, 3.05) is 19.7 Å². The van der Waals surface area contributed by atoms with Crippen molar-refractivity contribution in [3.8, 4) is 0 Å². The molecule has 0 aromatic heterocycles. The molecule has 7 heteroatoms. The van der Waals surface area contributed by atoms with Crippen LogP contribution >= 0.6 is 0 Å². The normalized spacial score (nSPS) is 39.9. The van der Waals surface area contributed by atoms with Crippen LogP contribution in [0.2, 0.25) is 0 Å². The van der Waals surface area contributed by atoms with Gasteiger partial charge in [0.2, 0.25) is 5.91 Å². The molecule has 4 fully saturated rings. The van der Waals surface area contributed by atoms with Crippen LogP contribution in [0.3, 0.4) is 0 Å². The maximum atomic E-state index is 14.3. The van der Waals surface area contributed by atoms with Gasteiger partial charge in [-0.15, -0.1) is 0 Å². The average molecular weight is 653 g/mol. The van der Waals surface area contributed by atoms with Crippen molar-refractivity contribution in [1.82, 2.24) is 10.6 Å². The summed E-state index contributed by atoms with van der Waals surface area (Å²) in [5.41, 5.74) is 1.74. The van der Waals surface area contributed by atoms with Gasteiger partial charge in [0, 0.05) is 18.7 Å². The lowest BCUT2D eigenvalue weighted by Gasteiger charge is -2.72. The van der Waals surface area contributed by atoms with Crippen LogP contribution in [0.15, 0.2) is 24.3 Å². The predicted molar refractivity (Wildman–Crippen MR) is 187 cm³/mol. The molecule has 4 aliphatic carbocycles. The molecule has 4 aliphatic rings. The van der Waals surface area contributed by atoms with Crippen LogP contribution in [0, 0.1) is 50.7 Å². The Morgan fingerprint density at radius 1 is 0.936 bits per heavy atom. The van der Waals surface area contributed by atoms with E-state index in [1.165, 1.54) is 25.7 Å². The van der Waals surface area contributed by atoms with Crippen molar-refractivity contribution in [3.05, 3.63) is 35.4 Å². The topological polar surface area (TPSA) is 119 Å². The lowest BCUT2D eigenvalue weighted by molar-refractivity contribution is -0.246. The predicted octanol–water partition coefficient (Wildman–Crippen LogP) is 6.28. The van der Waals surface area contributed by atoms with Crippen LogP contribution in [-0.2, 0) is 11.2 Å². The van der Waals surface area contributed by atoms with E-state index in [-0.39, 0.29) is 51.5 Å². The first kappa shape index (κ1) is 36.3.